The number of aliphatic hydroxyl groups is 1. The minimum absolute atomic E-state index is 0.0107. The first-order valence-corrected chi connectivity index (χ1v) is 10.4. The zero-order valence-corrected chi connectivity index (χ0v) is 17.1. The first kappa shape index (κ1) is 19.7. The quantitative estimate of drug-likeness (QED) is 0.700. The first-order chi connectivity index (χ1) is 14.9. The molecule has 0 unspecified atom stereocenters. The Kier molecular flexibility index (Phi) is 4.74. The number of likely N-dealkylation sites (tertiary alicyclic amines) is 1. The molecular formula is C23H23FN4O3. The highest BCUT2D eigenvalue weighted by atomic mass is 19.1. The van der Waals surface area contributed by atoms with Gasteiger partial charge in [0.25, 0.3) is 0 Å². The molecule has 0 saturated carbocycles. The van der Waals surface area contributed by atoms with Gasteiger partial charge in [-0.15, -0.1) is 0 Å². The number of rotatable bonds is 4. The van der Waals surface area contributed by atoms with Gasteiger partial charge in [0.1, 0.15) is 11.5 Å². The largest absolute Gasteiger partial charge is 0.393 e. The van der Waals surface area contributed by atoms with Crippen LogP contribution in [-0.2, 0) is 9.59 Å². The number of hydrogen-bond acceptors (Lipinski definition) is 4. The van der Waals surface area contributed by atoms with Crippen molar-refractivity contribution in [2.24, 2.45) is 11.8 Å². The molecule has 160 valence electrons. The van der Waals surface area contributed by atoms with Crippen LogP contribution in [0.3, 0.4) is 0 Å². The van der Waals surface area contributed by atoms with Crippen LogP contribution in [0.15, 0.2) is 48.7 Å². The molecule has 7 nitrogen and oxygen atoms in total. The van der Waals surface area contributed by atoms with Crippen LogP contribution in [0.5, 0.6) is 0 Å². The number of nitrogens with zero attached hydrogens (tertiary/aromatic N) is 4. The molecule has 2 saturated heterocycles. The van der Waals surface area contributed by atoms with E-state index in [2.05, 4.69) is 5.10 Å². The molecule has 1 aromatic heterocycles. The van der Waals surface area contributed by atoms with Gasteiger partial charge >= 0.3 is 0 Å². The molecule has 1 N–H and O–H groups in total. The van der Waals surface area contributed by atoms with Gasteiger partial charge in [0.05, 0.1) is 35.8 Å². The average molecular weight is 422 g/mol. The summed E-state index contributed by atoms with van der Waals surface area (Å²) in [7, 11) is 0. The average Bonchev–Trinajstić information content (AvgIpc) is 3.42. The second-order valence-electron chi connectivity index (χ2n) is 8.39. The fraction of sp³-hybridized carbons (Fsp3) is 0.348. The number of benzene rings is 2. The number of halogens is 1. The molecule has 0 radical (unpaired) electrons. The van der Waals surface area contributed by atoms with Crippen LogP contribution >= 0.6 is 0 Å². The number of amides is 2. The monoisotopic (exact) mass is 422 g/mol. The van der Waals surface area contributed by atoms with Crippen LogP contribution in [0.2, 0.25) is 0 Å². The van der Waals surface area contributed by atoms with Gasteiger partial charge in [-0.3, -0.25) is 9.59 Å². The van der Waals surface area contributed by atoms with E-state index >= 15 is 0 Å². The van der Waals surface area contributed by atoms with Gasteiger partial charge in [-0.2, -0.15) is 5.10 Å². The van der Waals surface area contributed by atoms with Gasteiger partial charge in [-0.1, -0.05) is 18.2 Å². The lowest BCUT2D eigenvalue weighted by Gasteiger charge is -2.23. The summed E-state index contributed by atoms with van der Waals surface area (Å²) in [5.74, 6) is -0.677. The molecule has 3 atom stereocenters. The summed E-state index contributed by atoms with van der Waals surface area (Å²) in [6.45, 7) is 3.01. The number of hydrogen-bond donors (Lipinski definition) is 1. The van der Waals surface area contributed by atoms with E-state index in [4.69, 9.17) is 0 Å². The number of para-hydroxylation sites is 1. The molecule has 31 heavy (non-hydrogen) atoms. The predicted molar refractivity (Wildman–Crippen MR) is 113 cm³/mol. The SMILES string of the molecule is C[C@H](O)CC(=O)N1C[C@H]2CN(c3cccc4c3cnn4-c3ccccc3F)C(=O)[C@H]2C1. The Labute approximate surface area is 178 Å². The number of aromatic nitrogens is 2. The molecule has 2 fully saturated rings. The number of fused-ring (bicyclic) bond motifs is 2. The van der Waals surface area contributed by atoms with Crippen LogP contribution in [0.1, 0.15) is 13.3 Å². The number of carbonyl (C=O) groups is 2. The normalized spacial score (nSPS) is 21.7. The summed E-state index contributed by atoms with van der Waals surface area (Å²) in [6.07, 6.45) is 1.05. The highest BCUT2D eigenvalue weighted by Gasteiger charge is 2.48. The van der Waals surface area contributed by atoms with Crippen molar-refractivity contribution in [3.8, 4) is 5.69 Å². The van der Waals surface area contributed by atoms with E-state index in [1.807, 2.05) is 18.2 Å². The Morgan fingerprint density at radius 1 is 1.16 bits per heavy atom. The van der Waals surface area contributed by atoms with E-state index < -0.39 is 6.10 Å². The topological polar surface area (TPSA) is 78.7 Å². The molecule has 2 aliphatic heterocycles. The second-order valence-corrected chi connectivity index (χ2v) is 8.39. The third kappa shape index (κ3) is 3.27. The second kappa shape index (κ2) is 7.46. The van der Waals surface area contributed by atoms with Crippen molar-refractivity contribution in [1.82, 2.24) is 14.7 Å². The maximum Gasteiger partial charge on any atom is 0.232 e. The van der Waals surface area contributed by atoms with Crippen molar-refractivity contribution in [1.29, 1.82) is 0 Å². The standard InChI is InChI=1S/C23H23FN4O3/c1-14(29)9-22(30)26-11-15-12-27(23(31)17(15)13-26)19-7-4-8-20-16(19)10-25-28(20)21-6-3-2-5-18(21)24/h2-8,10,14-15,17,29H,9,11-13H2,1H3/t14-,15-,17-/m0/s1. The fourth-order valence-corrected chi connectivity index (χ4v) is 4.75. The summed E-state index contributed by atoms with van der Waals surface area (Å²) in [6, 6.07) is 12.0. The molecular weight excluding hydrogens is 399 g/mol. The first-order valence-electron chi connectivity index (χ1n) is 10.4. The third-order valence-electron chi connectivity index (χ3n) is 6.23. The lowest BCUT2D eigenvalue weighted by atomic mass is 10.0. The van der Waals surface area contributed by atoms with Crippen molar-refractivity contribution in [3.63, 3.8) is 0 Å². The molecule has 2 amide bonds. The van der Waals surface area contributed by atoms with Crippen molar-refractivity contribution in [2.75, 3.05) is 24.5 Å². The molecule has 3 aromatic rings. The summed E-state index contributed by atoms with van der Waals surface area (Å²) in [5.41, 5.74) is 1.83. The van der Waals surface area contributed by atoms with Crippen molar-refractivity contribution in [3.05, 3.63) is 54.5 Å². The Bertz CT molecular complexity index is 1170. The third-order valence-corrected chi connectivity index (χ3v) is 6.23. The Morgan fingerprint density at radius 2 is 1.94 bits per heavy atom. The van der Waals surface area contributed by atoms with Crippen molar-refractivity contribution in [2.45, 2.75) is 19.4 Å². The van der Waals surface area contributed by atoms with Gasteiger partial charge in [0.2, 0.25) is 11.8 Å². The van der Waals surface area contributed by atoms with Crippen LogP contribution in [0.25, 0.3) is 16.6 Å². The minimum Gasteiger partial charge on any atom is -0.393 e. The van der Waals surface area contributed by atoms with Crippen LogP contribution < -0.4 is 4.90 Å². The van der Waals surface area contributed by atoms with E-state index in [0.717, 1.165) is 16.6 Å². The fourth-order valence-electron chi connectivity index (χ4n) is 4.75. The molecule has 8 heteroatoms. The van der Waals surface area contributed by atoms with Gasteiger partial charge < -0.3 is 14.9 Å². The van der Waals surface area contributed by atoms with Crippen molar-refractivity contribution < 1.29 is 19.1 Å². The van der Waals surface area contributed by atoms with Crippen LogP contribution in [-0.4, -0.2) is 57.3 Å². The summed E-state index contributed by atoms with van der Waals surface area (Å²) in [4.78, 5) is 28.9. The molecule has 2 aliphatic rings. The maximum absolute atomic E-state index is 14.3. The van der Waals surface area contributed by atoms with E-state index in [-0.39, 0.29) is 35.9 Å². The van der Waals surface area contributed by atoms with E-state index in [1.54, 1.807) is 45.8 Å². The van der Waals surface area contributed by atoms with E-state index in [9.17, 15) is 19.1 Å². The molecule has 0 bridgehead atoms. The predicted octanol–water partition coefficient (Wildman–Crippen LogP) is 2.36. The maximum atomic E-state index is 14.3. The molecule has 0 spiro atoms. The molecule has 5 rings (SSSR count). The smallest absolute Gasteiger partial charge is 0.232 e. The highest BCUT2D eigenvalue weighted by molar-refractivity contribution is 6.05. The van der Waals surface area contributed by atoms with Gasteiger partial charge in [-0.05, 0) is 31.2 Å². The van der Waals surface area contributed by atoms with E-state index in [1.165, 1.54) is 6.07 Å². The Hall–Kier alpha value is -3.26. The van der Waals surface area contributed by atoms with Gasteiger partial charge in [0, 0.05) is 30.9 Å². The zero-order chi connectivity index (χ0) is 21.7. The summed E-state index contributed by atoms with van der Waals surface area (Å²) < 4.78 is 15.9. The van der Waals surface area contributed by atoms with Crippen LogP contribution in [0.4, 0.5) is 10.1 Å². The lowest BCUT2D eigenvalue weighted by Crippen LogP contribution is -2.36. The van der Waals surface area contributed by atoms with E-state index in [0.29, 0.717) is 25.3 Å². The number of aliphatic hydroxyl groups excluding tert-OH is 1. The summed E-state index contributed by atoms with van der Waals surface area (Å²) in [5, 5.41) is 14.6. The molecule has 0 aliphatic carbocycles. The number of carbonyl (C=O) groups excluding carboxylic acids is 2. The van der Waals surface area contributed by atoms with Gasteiger partial charge in [0.15, 0.2) is 0 Å². The van der Waals surface area contributed by atoms with Crippen molar-refractivity contribution >= 4 is 28.4 Å². The van der Waals surface area contributed by atoms with Crippen LogP contribution in [0, 0.1) is 17.7 Å². The summed E-state index contributed by atoms with van der Waals surface area (Å²) >= 11 is 0. The number of anilines is 1. The highest BCUT2D eigenvalue weighted by Crippen LogP contribution is 2.38. The molecule has 2 aromatic carbocycles. The minimum atomic E-state index is -0.691. The van der Waals surface area contributed by atoms with Gasteiger partial charge in [-0.25, -0.2) is 9.07 Å². The molecule has 3 heterocycles. The Balaban J connectivity index is 1.43. The zero-order valence-electron chi connectivity index (χ0n) is 17.1. The lowest BCUT2D eigenvalue weighted by molar-refractivity contribution is -0.132. The Morgan fingerprint density at radius 3 is 2.68 bits per heavy atom.